The van der Waals surface area contributed by atoms with E-state index in [4.69, 9.17) is 0 Å². The van der Waals surface area contributed by atoms with Gasteiger partial charge in [0.1, 0.15) is 0 Å². The third kappa shape index (κ3) is 1.69. The average Bonchev–Trinajstić information content (AvgIpc) is 1.97. The van der Waals surface area contributed by atoms with Crippen LogP contribution in [0.2, 0.25) is 0 Å². The molecule has 0 fully saturated rings. The zero-order chi connectivity index (χ0) is 8.59. The molecule has 1 aromatic carbocycles. The Balaban J connectivity index is 3.46. The average molecular weight is 337 g/mol. The number of hydrogen-bond donors (Lipinski definition) is 0. The highest BCUT2D eigenvalue weighted by Crippen LogP contribution is 2.24. The molecule has 0 heterocycles. The van der Waals surface area contributed by atoms with E-state index in [-0.39, 0.29) is 8.04 Å². The number of rotatable bonds is 0. The summed E-state index contributed by atoms with van der Waals surface area (Å²) in [5.74, 6) is -3.78. The van der Waals surface area contributed by atoms with Crippen molar-refractivity contribution < 1.29 is 13.2 Å². The van der Waals surface area contributed by atoms with Crippen molar-refractivity contribution in [3.8, 4) is 0 Å². The van der Waals surface area contributed by atoms with E-state index in [1.165, 1.54) is 6.07 Å². The molecule has 0 aliphatic carbocycles. The zero-order valence-corrected chi connectivity index (χ0v) is 8.71. The van der Waals surface area contributed by atoms with Gasteiger partial charge >= 0.3 is 0 Å². The molecule has 0 atom stereocenters. The van der Waals surface area contributed by atoms with Gasteiger partial charge in [0, 0.05) is 0 Å². The van der Waals surface area contributed by atoms with Crippen LogP contribution in [0.15, 0.2) is 10.5 Å². The summed E-state index contributed by atoms with van der Waals surface area (Å²) in [6.45, 7) is 0. The lowest BCUT2D eigenvalue weighted by Crippen LogP contribution is -1.94. The molecule has 0 bridgehead atoms. The summed E-state index contributed by atoms with van der Waals surface area (Å²) in [6.07, 6.45) is 0. The summed E-state index contributed by atoms with van der Waals surface area (Å²) >= 11 is 4.33. The first-order valence-electron chi connectivity index (χ1n) is 2.52. The maximum atomic E-state index is 12.5. The molecule has 0 spiro atoms. The molecule has 0 unspecified atom stereocenters. The molecule has 1 rings (SSSR count). The molecule has 0 aromatic heterocycles. The summed E-state index contributed by atoms with van der Waals surface area (Å²) < 4.78 is 37.5. The van der Waals surface area contributed by atoms with Crippen LogP contribution in [0, 0.1) is 21.0 Å². The molecular weight excluding hydrogens is 336 g/mol. The van der Waals surface area contributed by atoms with Gasteiger partial charge in [0.05, 0.1) is 8.04 Å². The van der Waals surface area contributed by atoms with Crippen LogP contribution < -0.4 is 0 Å². The Morgan fingerprint density at radius 1 is 1.09 bits per heavy atom. The summed E-state index contributed by atoms with van der Waals surface area (Å²) in [5, 5.41) is 0. The Hall–Kier alpha value is 0.220. The monoisotopic (exact) mass is 336 g/mol. The lowest BCUT2D eigenvalue weighted by atomic mass is 10.3. The molecule has 0 N–H and O–H groups in total. The molecule has 0 aliphatic heterocycles. The highest BCUT2D eigenvalue weighted by molar-refractivity contribution is 14.1. The molecule has 0 amide bonds. The SMILES string of the molecule is Fc1c(Br)cc(I)c(F)c1F. The van der Waals surface area contributed by atoms with Gasteiger partial charge in [0.2, 0.25) is 0 Å². The van der Waals surface area contributed by atoms with Crippen molar-refractivity contribution in [1.82, 2.24) is 0 Å². The zero-order valence-electron chi connectivity index (χ0n) is 4.97. The van der Waals surface area contributed by atoms with Crippen molar-refractivity contribution >= 4 is 38.5 Å². The first kappa shape index (κ1) is 9.31. The smallest absolute Gasteiger partial charge is 0.196 e. The maximum Gasteiger partial charge on any atom is 0.196 e. The number of benzene rings is 1. The summed E-state index contributed by atoms with van der Waals surface area (Å²) in [6, 6.07) is 1.17. The predicted octanol–water partition coefficient (Wildman–Crippen LogP) is 3.47. The van der Waals surface area contributed by atoms with Crippen LogP contribution in [0.1, 0.15) is 0 Å². The van der Waals surface area contributed by atoms with Crippen LogP contribution in [-0.2, 0) is 0 Å². The second-order valence-corrected chi connectivity index (χ2v) is 3.80. The van der Waals surface area contributed by atoms with Crippen molar-refractivity contribution in [3.63, 3.8) is 0 Å². The van der Waals surface area contributed by atoms with Gasteiger partial charge in [-0.15, -0.1) is 0 Å². The largest absolute Gasteiger partial charge is 0.202 e. The van der Waals surface area contributed by atoms with Gasteiger partial charge in [-0.05, 0) is 44.6 Å². The van der Waals surface area contributed by atoms with E-state index in [1.807, 2.05) is 0 Å². The quantitative estimate of drug-likeness (QED) is 0.386. The van der Waals surface area contributed by atoms with Crippen molar-refractivity contribution in [2.75, 3.05) is 0 Å². The normalized spacial score (nSPS) is 10.3. The van der Waals surface area contributed by atoms with Crippen LogP contribution in [0.25, 0.3) is 0 Å². The molecular formula is C6HBrF3I. The Labute approximate surface area is 83.1 Å². The second-order valence-electron chi connectivity index (χ2n) is 1.78. The fraction of sp³-hybridized carbons (Fsp3) is 0. The Bertz CT molecular complexity index is 274. The van der Waals surface area contributed by atoms with Crippen molar-refractivity contribution in [3.05, 3.63) is 31.6 Å². The number of hydrogen-bond acceptors (Lipinski definition) is 0. The molecule has 0 nitrogen and oxygen atoms in total. The molecule has 5 heteroatoms. The van der Waals surface area contributed by atoms with E-state index in [9.17, 15) is 13.2 Å². The Kier molecular flexibility index (Phi) is 2.79. The van der Waals surface area contributed by atoms with Crippen molar-refractivity contribution in [2.45, 2.75) is 0 Å². The van der Waals surface area contributed by atoms with Gasteiger partial charge in [-0.1, -0.05) is 0 Å². The fourth-order valence-corrected chi connectivity index (χ4v) is 1.92. The Morgan fingerprint density at radius 3 is 2.18 bits per heavy atom. The Morgan fingerprint density at radius 2 is 1.64 bits per heavy atom. The van der Waals surface area contributed by atoms with E-state index in [0.29, 0.717) is 0 Å². The standard InChI is InChI=1S/C6HBrF3I/c7-2-1-3(11)5(9)6(10)4(2)8/h1H. The summed E-state index contributed by atoms with van der Waals surface area (Å²) in [4.78, 5) is 0. The second kappa shape index (κ2) is 3.30. The molecule has 0 saturated heterocycles. The maximum absolute atomic E-state index is 12.5. The summed E-state index contributed by atoms with van der Waals surface area (Å²) in [5.41, 5.74) is 0. The molecule has 1 aromatic rings. The predicted molar refractivity (Wildman–Crippen MR) is 46.7 cm³/mol. The third-order valence-corrected chi connectivity index (χ3v) is 2.42. The van der Waals surface area contributed by atoms with Crippen LogP contribution in [0.3, 0.4) is 0 Å². The van der Waals surface area contributed by atoms with E-state index < -0.39 is 17.5 Å². The minimum absolute atomic E-state index is 0.0494. The van der Waals surface area contributed by atoms with Gasteiger partial charge < -0.3 is 0 Å². The van der Waals surface area contributed by atoms with Crippen LogP contribution in [0.4, 0.5) is 13.2 Å². The molecule has 0 saturated carbocycles. The molecule has 0 aliphatic rings. The van der Waals surface area contributed by atoms with Crippen LogP contribution >= 0.6 is 38.5 Å². The third-order valence-electron chi connectivity index (χ3n) is 1.06. The first-order chi connectivity index (χ1) is 5.04. The van der Waals surface area contributed by atoms with Gasteiger partial charge in [-0.2, -0.15) is 0 Å². The van der Waals surface area contributed by atoms with Gasteiger partial charge in [0.15, 0.2) is 17.5 Å². The van der Waals surface area contributed by atoms with Crippen LogP contribution in [-0.4, -0.2) is 0 Å². The highest BCUT2D eigenvalue weighted by Gasteiger charge is 2.15. The molecule has 11 heavy (non-hydrogen) atoms. The minimum Gasteiger partial charge on any atom is -0.202 e. The van der Waals surface area contributed by atoms with Gasteiger partial charge in [0.25, 0.3) is 0 Å². The minimum atomic E-state index is -1.44. The van der Waals surface area contributed by atoms with E-state index >= 15 is 0 Å². The van der Waals surface area contributed by atoms with E-state index in [0.717, 1.165) is 0 Å². The number of halogens is 5. The summed E-state index contributed by atoms with van der Waals surface area (Å²) in [7, 11) is 0. The highest BCUT2D eigenvalue weighted by atomic mass is 127. The van der Waals surface area contributed by atoms with Gasteiger partial charge in [-0.25, -0.2) is 13.2 Å². The lowest BCUT2D eigenvalue weighted by molar-refractivity contribution is 0.440. The van der Waals surface area contributed by atoms with Crippen molar-refractivity contribution in [1.29, 1.82) is 0 Å². The van der Waals surface area contributed by atoms with Crippen molar-refractivity contribution in [2.24, 2.45) is 0 Å². The van der Waals surface area contributed by atoms with E-state index in [2.05, 4.69) is 15.9 Å². The first-order valence-corrected chi connectivity index (χ1v) is 4.39. The van der Waals surface area contributed by atoms with Crippen LogP contribution in [0.5, 0.6) is 0 Å². The van der Waals surface area contributed by atoms with Gasteiger partial charge in [-0.3, -0.25) is 0 Å². The fourth-order valence-electron chi connectivity index (χ4n) is 0.544. The molecule has 60 valence electrons. The lowest BCUT2D eigenvalue weighted by Gasteiger charge is -1.99. The van der Waals surface area contributed by atoms with E-state index in [1.54, 1.807) is 22.6 Å². The topological polar surface area (TPSA) is 0 Å². The molecule has 0 radical (unpaired) electrons.